The standard InChI is InChI=1S/C9H7ClN/c1-6-5-11-8-4-2-3-7(10)9(6)8/h2-3,5,11H,1H3. The second-order valence-corrected chi connectivity index (χ2v) is 2.95. The molecule has 0 saturated heterocycles. The van der Waals surface area contributed by atoms with Gasteiger partial charge >= 0.3 is 0 Å². The highest BCUT2D eigenvalue weighted by molar-refractivity contribution is 6.35. The summed E-state index contributed by atoms with van der Waals surface area (Å²) in [6.07, 6.45) is 1.94. The summed E-state index contributed by atoms with van der Waals surface area (Å²) >= 11 is 5.96. The number of rotatable bonds is 0. The maximum atomic E-state index is 5.96. The van der Waals surface area contributed by atoms with Gasteiger partial charge in [-0.05, 0) is 18.6 Å². The summed E-state index contributed by atoms with van der Waals surface area (Å²) < 4.78 is 0. The lowest BCUT2D eigenvalue weighted by molar-refractivity contribution is 1.42. The summed E-state index contributed by atoms with van der Waals surface area (Å²) in [5.41, 5.74) is 2.15. The van der Waals surface area contributed by atoms with E-state index in [1.165, 1.54) is 5.56 Å². The quantitative estimate of drug-likeness (QED) is 0.616. The third-order valence-electron chi connectivity index (χ3n) is 1.77. The van der Waals surface area contributed by atoms with E-state index in [9.17, 15) is 0 Å². The predicted octanol–water partition coefficient (Wildman–Crippen LogP) is 2.93. The van der Waals surface area contributed by atoms with Crippen LogP contribution in [0.15, 0.2) is 18.3 Å². The maximum Gasteiger partial charge on any atom is 0.0552 e. The molecule has 0 aliphatic rings. The van der Waals surface area contributed by atoms with E-state index >= 15 is 0 Å². The molecule has 0 bridgehead atoms. The van der Waals surface area contributed by atoms with Crippen molar-refractivity contribution in [1.29, 1.82) is 0 Å². The molecule has 2 rings (SSSR count). The van der Waals surface area contributed by atoms with Crippen LogP contribution in [0.4, 0.5) is 0 Å². The van der Waals surface area contributed by atoms with Crippen molar-refractivity contribution in [3.05, 3.63) is 35.0 Å². The smallest absolute Gasteiger partial charge is 0.0552 e. The molecule has 11 heavy (non-hydrogen) atoms. The highest BCUT2D eigenvalue weighted by Crippen LogP contribution is 2.24. The zero-order valence-electron chi connectivity index (χ0n) is 6.11. The Balaban J connectivity index is 2.96. The summed E-state index contributed by atoms with van der Waals surface area (Å²) in [4.78, 5) is 3.09. The summed E-state index contributed by atoms with van der Waals surface area (Å²) in [7, 11) is 0. The molecule has 2 aromatic rings. The van der Waals surface area contributed by atoms with Crippen LogP contribution in [-0.4, -0.2) is 4.98 Å². The zero-order chi connectivity index (χ0) is 7.84. The van der Waals surface area contributed by atoms with Crippen LogP contribution in [-0.2, 0) is 0 Å². The third kappa shape index (κ3) is 0.925. The Labute approximate surface area is 70.0 Å². The third-order valence-corrected chi connectivity index (χ3v) is 2.09. The largest absolute Gasteiger partial charge is 0.360 e. The predicted molar refractivity (Wildman–Crippen MR) is 46.9 cm³/mol. The van der Waals surface area contributed by atoms with Gasteiger partial charge in [0.05, 0.1) is 10.5 Å². The van der Waals surface area contributed by atoms with Gasteiger partial charge in [0, 0.05) is 17.6 Å². The lowest BCUT2D eigenvalue weighted by Crippen LogP contribution is -1.70. The number of aryl methyl sites for hydroxylation is 1. The van der Waals surface area contributed by atoms with Crippen molar-refractivity contribution in [2.24, 2.45) is 0 Å². The monoisotopic (exact) mass is 164 g/mol. The van der Waals surface area contributed by atoms with E-state index in [4.69, 9.17) is 11.6 Å². The number of nitrogens with one attached hydrogen (secondary N) is 1. The Morgan fingerprint density at radius 3 is 3.09 bits per heavy atom. The van der Waals surface area contributed by atoms with Gasteiger partial charge in [-0.15, -0.1) is 0 Å². The minimum atomic E-state index is 0.789. The maximum absolute atomic E-state index is 5.96. The number of fused-ring (bicyclic) bond motifs is 1. The average molecular weight is 165 g/mol. The van der Waals surface area contributed by atoms with Crippen molar-refractivity contribution in [3.8, 4) is 0 Å². The minimum Gasteiger partial charge on any atom is -0.360 e. The fraction of sp³-hybridized carbons (Fsp3) is 0.111. The van der Waals surface area contributed by atoms with Gasteiger partial charge in [0.1, 0.15) is 0 Å². The summed E-state index contributed by atoms with van der Waals surface area (Å²) in [5, 5.41) is 1.87. The number of aromatic nitrogens is 1. The van der Waals surface area contributed by atoms with E-state index in [2.05, 4.69) is 11.1 Å². The minimum absolute atomic E-state index is 0.789. The summed E-state index contributed by atoms with van der Waals surface area (Å²) in [5.74, 6) is 0. The van der Waals surface area contributed by atoms with E-state index < -0.39 is 0 Å². The van der Waals surface area contributed by atoms with E-state index in [0.29, 0.717) is 0 Å². The molecule has 1 radical (unpaired) electrons. The molecule has 0 unspecified atom stereocenters. The first-order chi connectivity index (χ1) is 5.29. The topological polar surface area (TPSA) is 15.8 Å². The molecule has 0 aliphatic carbocycles. The van der Waals surface area contributed by atoms with E-state index in [0.717, 1.165) is 15.9 Å². The Bertz CT molecular complexity index is 389. The molecule has 0 aliphatic heterocycles. The van der Waals surface area contributed by atoms with Crippen LogP contribution in [0, 0.1) is 13.0 Å². The Kier molecular flexibility index (Phi) is 1.40. The summed E-state index contributed by atoms with van der Waals surface area (Å²) in [6.45, 7) is 2.03. The van der Waals surface area contributed by atoms with E-state index in [1.54, 1.807) is 0 Å². The van der Waals surface area contributed by atoms with Crippen LogP contribution < -0.4 is 0 Å². The van der Waals surface area contributed by atoms with Crippen LogP contribution in [0.5, 0.6) is 0 Å². The van der Waals surface area contributed by atoms with Crippen LogP contribution in [0.1, 0.15) is 5.56 Å². The fourth-order valence-corrected chi connectivity index (χ4v) is 1.53. The molecule has 55 valence electrons. The van der Waals surface area contributed by atoms with Crippen molar-refractivity contribution in [2.45, 2.75) is 6.92 Å². The molecule has 1 N–H and O–H groups in total. The molecule has 0 amide bonds. The number of benzene rings is 1. The molecule has 0 fully saturated rings. The average Bonchev–Trinajstić information content (AvgIpc) is 2.34. The number of hydrogen-bond acceptors (Lipinski definition) is 0. The van der Waals surface area contributed by atoms with Gasteiger partial charge < -0.3 is 4.98 Å². The number of hydrogen-bond donors (Lipinski definition) is 1. The van der Waals surface area contributed by atoms with Crippen molar-refractivity contribution in [3.63, 3.8) is 0 Å². The lowest BCUT2D eigenvalue weighted by Gasteiger charge is -1.92. The van der Waals surface area contributed by atoms with Crippen LogP contribution >= 0.6 is 11.6 Å². The summed E-state index contributed by atoms with van der Waals surface area (Å²) in [6, 6.07) is 6.74. The number of aromatic amines is 1. The van der Waals surface area contributed by atoms with Crippen LogP contribution in [0.25, 0.3) is 10.9 Å². The molecule has 1 nitrogen and oxygen atoms in total. The van der Waals surface area contributed by atoms with Gasteiger partial charge in [0.25, 0.3) is 0 Å². The van der Waals surface area contributed by atoms with E-state index in [-0.39, 0.29) is 0 Å². The Morgan fingerprint density at radius 1 is 1.55 bits per heavy atom. The van der Waals surface area contributed by atoms with Crippen molar-refractivity contribution in [2.75, 3.05) is 0 Å². The van der Waals surface area contributed by atoms with Gasteiger partial charge in [-0.1, -0.05) is 17.7 Å². The lowest BCUT2D eigenvalue weighted by atomic mass is 10.2. The normalized spacial score (nSPS) is 10.7. The molecule has 2 heteroatoms. The van der Waals surface area contributed by atoms with Gasteiger partial charge in [0.2, 0.25) is 0 Å². The van der Waals surface area contributed by atoms with Crippen molar-refractivity contribution < 1.29 is 0 Å². The Hall–Kier alpha value is -0.950. The van der Waals surface area contributed by atoms with Crippen molar-refractivity contribution >= 4 is 22.5 Å². The SMILES string of the molecule is Cc1c[nH]c2[c]ccc(Cl)c12. The van der Waals surface area contributed by atoms with Gasteiger partial charge in [-0.2, -0.15) is 0 Å². The zero-order valence-corrected chi connectivity index (χ0v) is 6.87. The molecular weight excluding hydrogens is 158 g/mol. The second kappa shape index (κ2) is 2.28. The Morgan fingerprint density at radius 2 is 2.36 bits per heavy atom. The number of H-pyrrole nitrogens is 1. The molecule has 0 spiro atoms. The van der Waals surface area contributed by atoms with Crippen molar-refractivity contribution in [1.82, 2.24) is 4.98 Å². The first-order valence-corrected chi connectivity index (χ1v) is 3.80. The molecule has 0 atom stereocenters. The van der Waals surface area contributed by atoms with Gasteiger partial charge in [-0.25, -0.2) is 0 Å². The molecule has 1 aromatic heterocycles. The second-order valence-electron chi connectivity index (χ2n) is 2.55. The van der Waals surface area contributed by atoms with Crippen LogP contribution in [0.2, 0.25) is 5.02 Å². The van der Waals surface area contributed by atoms with Gasteiger partial charge in [0.15, 0.2) is 0 Å². The first-order valence-electron chi connectivity index (χ1n) is 3.43. The molecular formula is C9H7ClN. The molecule has 1 aromatic carbocycles. The first kappa shape index (κ1) is 6.74. The molecule has 0 saturated carbocycles. The van der Waals surface area contributed by atoms with Crippen LogP contribution in [0.3, 0.4) is 0 Å². The number of halogens is 1. The van der Waals surface area contributed by atoms with E-state index in [1.807, 2.05) is 25.3 Å². The molecule has 1 heterocycles. The highest BCUT2D eigenvalue weighted by atomic mass is 35.5. The highest BCUT2D eigenvalue weighted by Gasteiger charge is 2.01. The van der Waals surface area contributed by atoms with Gasteiger partial charge in [-0.3, -0.25) is 0 Å². The fourth-order valence-electron chi connectivity index (χ4n) is 1.23.